The van der Waals surface area contributed by atoms with Crippen LogP contribution in [0.2, 0.25) is 0 Å². The fourth-order valence-electron chi connectivity index (χ4n) is 0.900. The second-order valence-corrected chi connectivity index (χ2v) is 3.33. The van der Waals surface area contributed by atoms with Gasteiger partial charge in [-0.2, -0.15) is 0 Å². The number of carbonyl (C=O) groups is 2. The highest BCUT2D eigenvalue weighted by molar-refractivity contribution is 6.29. The Morgan fingerprint density at radius 3 is 2.23 bits per heavy atom. The van der Waals surface area contributed by atoms with Crippen molar-refractivity contribution in [3.63, 3.8) is 0 Å². The quantitative estimate of drug-likeness (QED) is 0.494. The molecule has 0 heterocycles. The molecule has 0 aromatic heterocycles. The maximum absolute atomic E-state index is 10.2. The van der Waals surface area contributed by atoms with E-state index in [-0.39, 0.29) is 6.42 Å². The predicted molar refractivity (Wildman–Crippen MR) is 48.0 cm³/mol. The van der Waals surface area contributed by atoms with Crippen LogP contribution in [0, 0.1) is 0 Å². The molecule has 0 saturated carbocycles. The van der Waals surface area contributed by atoms with E-state index in [9.17, 15) is 9.59 Å². The summed E-state index contributed by atoms with van der Waals surface area (Å²) < 4.78 is 0. The topological polar surface area (TPSA) is 74.6 Å². The molecule has 2 N–H and O–H groups in total. The molecule has 0 aromatic rings. The molecule has 0 bridgehead atoms. The Labute approximate surface area is 81.5 Å². The Morgan fingerprint density at radius 1 is 1.15 bits per heavy atom. The standard InChI is InChI=1S/C8H13ClO4/c9-6(8(12)13)4-2-1-3-5-7(10)11/h6H,1-5H2,(H,10,11)(H,12,13). The smallest absolute Gasteiger partial charge is 0.321 e. The number of hydrogen-bond acceptors (Lipinski definition) is 2. The van der Waals surface area contributed by atoms with Gasteiger partial charge in [0.2, 0.25) is 0 Å². The van der Waals surface area contributed by atoms with E-state index in [1.165, 1.54) is 0 Å². The maximum Gasteiger partial charge on any atom is 0.321 e. The molecule has 0 fully saturated rings. The SMILES string of the molecule is O=C(O)CCCCCC(Cl)C(=O)O. The van der Waals surface area contributed by atoms with Gasteiger partial charge in [-0.1, -0.05) is 12.8 Å². The summed E-state index contributed by atoms with van der Waals surface area (Å²) in [5, 5.41) is 15.8. The van der Waals surface area contributed by atoms with Gasteiger partial charge in [0.15, 0.2) is 0 Å². The van der Waals surface area contributed by atoms with Crippen LogP contribution in [0.25, 0.3) is 0 Å². The van der Waals surface area contributed by atoms with Gasteiger partial charge in [-0.15, -0.1) is 11.6 Å². The lowest BCUT2D eigenvalue weighted by Gasteiger charge is -2.02. The normalized spacial score (nSPS) is 12.4. The number of carboxylic acids is 2. The molecule has 0 rings (SSSR count). The van der Waals surface area contributed by atoms with Gasteiger partial charge in [-0.3, -0.25) is 9.59 Å². The minimum atomic E-state index is -1.01. The van der Waals surface area contributed by atoms with Crippen LogP contribution < -0.4 is 0 Å². The average molecular weight is 209 g/mol. The number of halogens is 1. The lowest BCUT2D eigenvalue weighted by Crippen LogP contribution is -2.12. The van der Waals surface area contributed by atoms with E-state index in [0.29, 0.717) is 25.7 Å². The number of aliphatic carboxylic acids is 2. The van der Waals surface area contributed by atoms with Crippen molar-refractivity contribution in [3.05, 3.63) is 0 Å². The molecule has 0 saturated heterocycles. The fourth-order valence-corrected chi connectivity index (χ4v) is 1.05. The lowest BCUT2D eigenvalue weighted by atomic mass is 10.1. The van der Waals surface area contributed by atoms with Crippen LogP contribution in [0.1, 0.15) is 32.1 Å². The molecule has 0 aliphatic carbocycles. The highest BCUT2D eigenvalue weighted by atomic mass is 35.5. The predicted octanol–water partition coefficient (Wildman–Crippen LogP) is 1.71. The van der Waals surface area contributed by atoms with Crippen LogP contribution in [0.4, 0.5) is 0 Å². The number of unbranched alkanes of at least 4 members (excludes halogenated alkanes) is 2. The minimum absolute atomic E-state index is 0.139. The van der Waals surface area contributed by atoms with Crippen molar-refractivity contribution in [2.45, 2.75) is 37.5 Å². The van der Waals surface area contributed by atoms with Gasteiger partial charge in [0.25, 0.3) is 0 Å². The van der Waals surface area contributed by atoms with Crippen LogP contribution in [0.15, 0.2) is 0 Å². The Bertz CT molecular complexity index is 181. The van der Waals surface area contributed by atoms with Gasteiger partial charge in [-0.25, -0.2) is 0 Å². The lowest BCUT2D eigenvalue weighted by molar-refractivity contribution is -0.138. The van der Waals surface area contributed by atoms with Gasteiger partial charge in [0.1, 0.15) is 5.38 Å². The van der Waals surface area contributed by atoms with Gasteiger partial charge < -0.3 is 10.2 Å². The largest absolute Gasteiger partial charge is 0.481 e. The summed E-state index contributed by atoms with van der Waals surface area (Å²) in [4.78, 5) is 20.3. The minimum Gasteiger partial charge on any atom is -0.481 e. The Kier molecular flexibility index (Phi) is 6.32. The molecule has 0 radical (unpaired) electrons. The first kappa shape index (κ1) is 12.2. The Morgan fingerprint density at radius 2 is 1.77 bits per heavy atom. The van der Waals surface area contributed by atoms with Crippen molar-refractivity contribution in [1.82, 2.24) is 0 Å². The molecule has 0 spiro atoms. The molecule has 0 aliphatic rings. The zero-order valence-corrected chi connectivity index (χ0v) is 7.96. The third kappa shape index (κ3) is 7.59. The molecule has 1 unspecified atom stereocenters. The number of carboxylic acid groups (broad SMARTS) is 2. The highest BCUT2D eigenvalue weighted by Gasteiger charge is 2.12. The summed E-state index contributed by atoms with van der Waals surface area (Å²) >= 11 is 5.44. The molecule has 76 valence electrons. The van der Waals surface area contributed by atoms with E-state index in [1.54, 1.807) is 0 Å². The third-order valence-corrected chi connectivity index (χ3v) is 2.02. The van der Waals surface area contributed by atoms with Gasteiger partial charge >= 0.3 is 11.9 Å². The molecule has 0 amide bonds. The van der Waals surface area contributed by atoms with Gasteiger partial charge in [0, 0.05) is 6.42 Å². The average Bonchev–Trinajstić information content (AvgIpc) is 2.02. The molecular weight excluding hydrogens is 196 g/mol. The second kappa shape index (κ2) is 6.71. The van der Waals surface area contributed by atoms with Gasteiger partial charge in [0.05, 0.1) is 0 Å². The van der Waals surface area contributed by atoms with Crippen LogP contribution >= 0.6 is 11.6 Å². The van der Waals surface area contributed by atoms with Gasteiger partial charge in [-0.05, 0) is 12.8 Å². The third-order valence-electron chi connectivity index (χ3n) is 1.62. The Balaban J connectivity index is 3.26. The summed E-state index contributed by atoms with van der Waals surface area (Å²) in [5.74, 6) is -1.83. The van der Waals surface area contributed by atoms with E-state index in [2.05, 4.69) is 0 Å². The number of rotatable bonds is 7. The number of alkyl halides is 1. The highest BCUT2D eigenvalue weighted by Crippen LogP contribution is 2.10. The molecule has 13 heavy (non-hydrogen) atoms. The van der Waals surface area contributed by atoms with E-state index in [1.807, 2.05) is 0 Å². The molecule has 0 aromatic carbocycles. The van der Waals surface area contributed by atoms with Crippen molar-refractivity contribution < 1.29 is 19.8 Å². The van der Waals surface area contributed by atoms with E-state index >= 15 is 0 Å². The molecular formula is C8H13ClO4. The van der Waals surface area contributed by atoms with Crippen LogP contribution in [-0.4, -0.2) is 27.5 Å². The monoisotopic (exact) mass is 208 g/mol. The summed E-state index contributed by atoms with van der Waals surface area (Å²) in [5.41, 5.74) is 0. The van der Waals surface area contributed by atoms with Crippen molar-refractivity contribution in [2.75, 3.05) is 0 Å². The van der Waals surface area contributed by atoms with E-state index in [0.717, 1.165) is 0 Å². The summed E-state index contributed by atoms with van der Waals surface area (Å²) in [7, 11) is 0. The fraction of sp³-hybridized carbons (Fsp3) is 0.750. The van der Waals surface area contributed by atoms with Crippen molar-refractivity contribution in [3.8, 4) is 0 Å². The van der Waals surface area contributed by atoms with Crippen LogP contribution in [-0.2, 0) is 9.59 Å². The molecule has 5 heteroatoms. The van der Waals surface area contributed by atoms with Crippen LogP contribution in [0.3, 0.4) is 0 Å². The van der Waals surface area contributed by atoms with E-state index < -0.39 is 17.3 Å². The first-order valence-corrected chi connectivity index (χ1v) is 4.56. The van der Waals surface area contributed by atoms with Crippen molar-refractivity contribution in [1.29, 1.82) is 0 Å². The molecule has 1 atom stereocenters. The zero-order chi connectivity index (χ0) is 10.3. The summed E-state index contributed by atoms with van der Waals surface area (Å²) in [6.07, 6.45) is 2.49. The molecule has 0 aliphatic heterocycles. The van der Waals surface area contributed by atoms with Crippen molar-refractivity contribution in [2.24, 2.45) is 0 Å². The molecule has 4 nitrogen and oxygen atoms in total. The second-order valence-electron chi connectivity index (χ2n) is 2.80. The van der Waals surface area contributed by atoms with Crippen LogP contribution in [0.5, 0.6) is 0 Å². The van der Waals surface area contributed by atoms with E-state index in [4.69, 9.17) is 21.8 Å². The first-order valence-electron chi connectivity index (χ1n) is 4.12. The number of hydrogen-bond donors (Lipinski definition) is 2. The first-order chi connectivity index (χ1) is 6.04. The zero-order valence-electron chi connectivity index (χ0n) is 7.20. The maximum atomic E-state index is 10.2. The summed E-state index contributed by atoms with van der Waals surface area (Å²) in [6.45, 7) is 0. The Hall–Kier alpha value is -0.770. The van der Waals surface area contributed by atoms with Crippen molar-refractivity contribution >= 4 is 23.5 Å². The summed E-state index contributed by atoms with van der Waals surface area (Å²) in [6, 6.07) is 0.